The van der Waals surface area contributed by atoms with E-state index in [-0.39, 0.29) is 35.1 Å². The highest BCUT2D eigenvalue weighted by atomic mass is 16.6. The number of hydrogen-bond acceptors (Lipinski definition) is 4. The van der Waals surface area contributed by atoms with Crippen LogP contribution in [0.3, 0.4) is 0 Å². The van der Waals surface area contributed by atoms with Gasteiger partial charge >= 0.3 is 5.97 Å². The summed E-state index contributed by atoms with van der Waals surface area (Å²) in [7, 11) is 0. The molecular formula is C20H22O4. The van der Waals surface area contributed by atoms with Gasteiger partial charge in [0.25, 0.3) is 0 Å². The number of esters is 1. The predicted octanol–water partition coefficient (Wildman–Crippen LogP) is 2.89. The summed E-state index contributed by atoms with van der Waals surface area (Å²) in [6, 6.07) is 0. The minimum absolute atomic E-state index is 0.0423. The summed E-state index contributed by atoms with van der Waals surface area (Å²) in [4.78, 5) is 25.1. The van der Waals surface area contributed by atoms with Gasteiger partial charge < -0.3 is 9.47 Å². The Morgan fingerprint density at radius 3 is 2.79 bits per heavy atom. The molecule has 2 aliphatic heterocycles. The first-order valence-electron chi connectivity index (χ1n) is 8.94. The lowest BCUT2D eigenvalue weighted by molar-refractivity contribution is -0.136. The zero-order valence-electron chi connectivity index (χ0n) is 14.3. The molecule has 0 amide bonds. The van der Waals surface area contributed by atoms with Gasteiger partial charge in [-0.2, -0.15) is 0 Å². The van der Waals surface area contributed by atoms with E-state index in [2.05, 4.69) is 26.8 Å². The van der Waals surface area contributed by atoms with Crippen molar-refractivity contribution in [3.63, 3.8) is 0 Å². The molecule has 0 unspecified atom stereocenters. The van der Waals surface area contributed by atoms with Gasteiger partial charge in [-0.15, -0.1) is 0 Å². The van der Waals surface area contributed by atoms with Crippen molar-refractivity contribution >= 4 is 11.8 Å². The highest BCUT2D eigenvalue weighted by Gasteiger charge is 2.73. The van der Waals surface area contributed by atoms with Crippen molar-refractivity contribution in [1.82, 2.24) is 0 Å². The van der Waals surface area contributed by atoms with Gasteiger partial charge in [0.15, 0.2) is 11.4 Å². The van der Waals surface area contributed by atoms with E-state index in [4.69, 9.17) is 9.47 Å². The molecule has 24 heavy (non-hydrogen) atoms. The molecule has 0 radical (unpaired) electrons. The van der Waals surface area contributed by atoms with Crippen molar-refractivity contribution in [3.05, 3.63) is 34.4 Å². The first kappa shape index (κ1) is 14.6. The molecule has 126 valence electrons. The van der Waals surface area contributed by atoms with Gasteiger partial charge in [0.2, 0.25) is 0 Å². The summed E-state index contributed by atoms with van der Waals surface area (Å²) in [6.07, 6.45) is 6.55. The molecule has 5 rings (SSSR count). The van der Waals surface area contributed by atoms with Gasteiger partial charge in [-0.3, -0.25) is 4.79 Å². The lowest BCUT2D eigenvalue weighted by Gasteiger charge is -2.48. The highest BCUT2D eigenvalue weighted by molar-refractivity contribution is 6.09. The highest BCUT2D eigenvalue weighted by Crippen LogP contribution is 2.67. The standard InChI is InChI=1S/C20H22O4/c1-10(2)11-4-5-15-19(3)7-6-12-13(9-23-18(12)22)14(19)8-16-20(15,24-16)17(11)21/h4-5,10,14,16H,6-9H2,1-3H3/t14-,16-,19+,20+/m1/s1. The summed E-state index contributed by atoms with van der Waals surface area (Å²) >= 11 is 0. The van der Waals surface area contributed by atoms with E-state index >= 15 is 0 Å². The first-order chi connectivity index (χ1) is 11.4. The molecule has 3 aliphatic carbocycles. The van der Waals surface area contributed by atoms with Gasteiger partial charge in [0.1, 0.15) is 12.7 Å². The lowest BCUT2D eigenvalue weighted by atomic mass is 9.52. The molecule has 4 nitrogen and oxygen atoms in total. The Balaban J connectivity index is 1.64. The van der Waals surface area contributed by atoms with Gasteiger partial charge in [-0.05, 0) is 47.7 Å². The quantitative estimate of drug-likeness (QED) is 0.549. The van der Waals surface area contributed by atoms with Crippen molar-refractivity contribution in [2.24, 2.45) is 17.3 Å². The molecule has 0 aromatic carbocycles. The van der Waals surface area contributed by atoms with Gasteiger partial charge in [0, 0.05) is 11.1 Å². The average Bonchev–Trinajstić information content (AvgIpc) is 3.13. The van der Waals surface area contributed by atoms with Gasteiger partial charge in [-0.25, -0.2) is 4.79 Å². The number of rotatable bonds is 1. The summed E-state index contributed by atoms with van der Waals surface area (Å²) in [5.74, 6) is 0.484. The maximum absolute atomic E-state index is 13.1. The maximum Gasteiger partial charge on any atom is 0.334 e. The van der Waals surface area contributed by atoms with Crippen molar-refractivity contribution in [1.29, 1.82) is 0 Å². The minimum Gasteiger partial charge on any atom is -0.458 e. The molecule has 2 heterocycles. The number of Topliss-reactive ketones (excluding diaryl/α,β-unsaturated/α-hetero) is 1. The van der Waals surface area contributed by atoms with Crippen LogP contribution in [-0.2, 0) is 19.1 Å². The normalized spacial score (nSPS) is 42.7. The molecular weight excluding hydrogens is 304 g/mol. The molecule has 0 N–H and O–H groups in total. The molecule has 1 saturated carbocycles. The number of ether oxygens (including phenoxy) is 2. The van der Waals surface area contributed by atoms with Crippen LogP contribution in [0.1, 0.15) is 40.0 Å². The van der Waals surface area contributed by atoms with Gasteiger partial charge in [-0.1, -0.05) is 32.9 Å². The number of hydrogen-bond donors (Lipinski definition) is 0. The second-order valence-electron chi connectivity index (χ2n) is 8.31. The Morgan fingerprint density at radius 1 is 1.25 bits per heavy atom. The van der Waals surface area contributed by atoms with Crippen LogP contribution in [0.25, 0.3) is 0 Å². The third-order valence-corrected chi connectivity index (χ3v) is 6.92. The number of cyclic esters (lactones) is 1. The number of epoxide rings is 1. The van der Waals surface area contributed by atoms with E-state index in [1.807, 2.05) is 6.08 Å². The van der Waals surface area contributed by atoms with Crippen LogP contribution in [0.5, 0.6) is 0 Å². The lowest BCUT2D eigenvalue weighted by Crippen LogP contribution is -2.50. The SMILES string of the molecule is CC(C)C1=CC=C2[C@@]3(O[C@@H]3C[C@@H]3C4=C(CC[C@]23C)C(=O)OC4)C1=O. The third-order valence-electron chi connectivity index (χ3n) is 6.92. The van der Waals surface area contributed by atoms with Crippen LogP contribution in [0, 0.1) is 17.3 Å². The smallest absolute Gasteiger partial charge is 0.334 e. The predicted molar refractivity (Wildman–Crippen MR) is 87.0 cm³/mol. The second kappa shape index (κ2) is 4.29. The number of fused-ring (bicyclic) bond motifs is 3. The Hall–Kier alpha value is -1.68. The molecule has 0 aromatic rings. The summed E-state index contributed by atoms with van der Waals surface area (Å²) in [5, 5.41) is 0. The molecule has 1 spiro atoms. The monoisotopic (exact) mass is 326 g/mol. The molecule has 2 fully saturated rings. The van der Waals surface area contributed by atoms with Crippen molar-refractivity contribution in [2.75, 3.05) is 6.61 Å². The van der Waals surface area contributed by atoms with E-state index < -0.39 is 5.60 Å². The Bertz CT molecular complexity index is 783. The minimum atomic E-state index is -0.707. The van der Waals surface area contributed by atoms with Crippen LogP contribution in [0.15, 0.2) is 34.4 Å². The Morgan fingerprint density at radius 2 is 2.04 bits per heavy atom. The molecule has 1 saturated heterocycles. The maximum atomic E-state index is 13.1. The number of allylic oxidation sites excluding steroid dienone is 2. The summed E-state index contributed by atoms with van der Waals surface area (Å²) < 4.78 is 11.4. The zero-order chi connectivity index (χ0) is 16.9. The van der Waals surface area contributed by atoms with Crippen molar-refractivity contribution in [2.45, 2.75) is 51.7 Å². The largest absolute Gasteiger partial charge is 0.458 e. The Kier molecular flexibility index (Phi) is 2.62. The fraction of sp³-hybridized carbons (Fsp3) is 0.600. The number of carbonyl (C=O) groups excluding carboxylic acids is 2. The van der Waals surface area contributed by atoms with Crippen LogP contribution in [0.2, 0.25) is 0 Å². The fourth-order valence-corrected chi connectivity index (χ4v) is 5.52. The summed E-state index contributed by atoms with van der Waals surface area (Å²) in [5.41, 5.74) is 3.22. The topological polar surface area (TPSA) is 55.9 Å². The van der Waals surface area contributed by atoms with Crippen LogP contribution >= 0.6 is 0 Å². The van der Waals surface area contributed by atoms with E-state index in [0.29, 0.717) is 6.61 Å². The molecule has 0 bridgehead atoms. The summed E-state index contributed by atoms with van der Waals surface area (Å²) in [6.45, 7) is 6.78. The number of ketones is 1. The van der Waals surface area contributed by atoms with E-state index in [0.717, 1.165) is 41.6 Å². The van der Waals surface area contributed by atoms with Gasteiger partial charge in [0.05, 0.1) is 0 Å². The molecule has 0 aromatic heterocycles. The van der Waals surface area contributed by atoms with Crippen LogP contribution in [0.4, 0.5) is 0 Å². The Labute approximate surface area is 141 Å². The van der Waals surface area contributed by atoms with Crippen molar-refractivity contribution < 1.29 is 19.1 Å². The number of carbonyl (C=O) groups is 2. The average molecular weight is 326 g/mol. The molecule has 5 aliphatic rings. The van der Waals surface area contributed by atoms with Crippen LogP contribution in [-0.4, -0.2) is 30.1 Å². The molecule has 4 heteroatoms. The van der Waals surface area contributed by atoms with Crippen LogP contribution < -0.4 is 0 Å². The molecule has 4 atom stereocenters. The van der Waals surface area contributed by atoms with E-state index in [1.54, 1.807) is 0 Å². The fourth-order valence-electron chi connectivity index (χ4n) is 5.52. The van der Waals surface area contributed by atoms with E-state index in [9.17, 15) is 9.59 Å². The first-order valence-corrected chi connectivity index (χ1v) is 8.94. The second-order valence-corrected chi connectivity index (χ2v) is 8.31. The van der Waals surface area contributed by atoms with Crippen molar-refractivity contribution in [3.8, 4) is 0 Å². The zero-order valence-corrected chi connectivity index (χ0v) is 14.3. The van der Waals surface area contributed by atoms with E-state index in [1.165, 1.54) is 0 Å². The third kappa shape index (κ3) is 1.49.